The summed E-state index contributed by atoms with van der Waals surface area (Å²) in [4.78, 5) is 27.6. The third-order valence-corrected chi connectivity index (χ3v) is 7.44. The minimum Gasteiger partial charge on any atom is -0.488 e. The topological polar surface area (TPSA) is 116 Å². The van der Waals surface area contributed by atoms with E-state index in [0.29, 0.717) is 11.4 Å². The lowest BCUT2D eigenvalue weighted by Gasteiger charge is -2.38. The fraction of sp³-hybridized carbons (Fsp3) is 0.440. The zero-order valence-corrected chi connectivity index (χ0v) is 21.3. The summed E-state index contributed by atoms with van der Waals surface area (Å²) in [6, 6.07) is 13.7. The highest BCUT2D eigenvalue weighted by Gasteiger charge is 2.34. The molecule has 2 aromatic rings. The average Bonchev–Trinajstić information content (AvgIpc) is 2.81. The fourth-order valence-corrected chi connectivity index (χ4v) is 4.31. The molecule has 1 aliphatic heterocycles. The van der Waals surface area contributed by atoms with Gasteiger partial charge in [-0.3, -0.25) is 9.59 Å². The number of likely N-dealkylation sites (N-methyl/N-ethyl adjacent to an activating group) is 1. The van der Waals surface area contributed by atoms with Crippen LogP contribution in [0.5, 0.6) is 5.75 Å². The van der Waals surface area contributed by atoms with Gasteiger partial charge in [0.15, 0.2) is 0 Å². The first kappa shape index (κ1) is 26.7. The molecule has 2 aromatic carbocycles. The number of rotatable bonds is 8. The predicted molar refractivity (Wildman–Crippen MR) is 134 cm³/mol. The van der Waals surface area contributed by atoms with Gasteiger partial charge in [0.2, 0.25) is 15.9 Å². The van der Waals surface area contributed by atoms with E-state index in [2.05, 4.69) is 5.32 Å². The number of nitrogens with zero attached hydrogens (tertiary/aromatic N) is 2. The van der Waals surface area contributed by atoms with E-state index in [4.69, 9.17) is 4.74 Å². The summed E-state index contributed by atoms with van der Waals surface area (Å²) >= 11 is 0. The molecular formula is C25H33N3O6S. The van der Waals surface area contributed by atoms with Crippen LogP contribution in [0, 0.1) is 5.92 Å². The number of hydrogen-bond acceptors (Lipinski definition) is 6. The van der Waals surface area contributed by atoms with Crippen molar-refractivity contribution >= 4 is 27.5 Å². The molecule has 9 nitrogen and oxygen atoms in total. The van der Waals surface area contributed by atoms with Crippen LogP contribution in [0.4, 0.5) is 5.69 Å². The molecule has 0 saturated carbocycles. The molecule has 1 aliphatic rings. The van der Waals surface area contributed by atoms with Gasteiger partial charge >= 0.3 is 0 Å². The van der Waals surface area contributed by atoms with Gasteiger partial charge in [0.05, 0.1) is 37.4 Å². The van der Waals surface area contributed by atoms with Crippen LogP contribution in [0.2, 0.25) is 0 Å². The molecule has 0 bridgehead atoms. The highest BCUT2D eigenvalue weighted by atomic mass is 32.2. The van der Waals surface area contributed by atoms with Crippen molar-refractivity contribution in [3.8, 4) is 5.75 Å². The van der Waals surface area contributed by atoms with Crippen LogP contribution in [0.15, 0.2) is 48.5 Å². The van der Waals surface area contributed by atoms with Gasteiger partial charge in [-0.2, -0.15) is 0 Å². The van der Waals surface area contributed by atoms with Gasteiger partial charge in [0, 0.05) is 25.2 Å². The Morgan fingerprint density at radius 1 is 1.26 bits per heavy atom. The number of fused-ring (bicyclic) bond motifs is 1. The van der Waals surface area contributed by atoms with Crippen molar-refractivity contribution in [2.75, 3.05) is 38.3 Å². The second kappa shape index (κ2) is 11.2. The molecule has 2 amide bonds. The number of sulfonamides is 1. The van der Waals surface area contributed by atoms with Gasteiger partial charge in [-0.05, 0) is 30.7 Å². The standard InChI is InChI=1S/C25H33N3O6S/c1-17-14-28(18(2)16-29)25(31)21-13-20(26-24(30)12-19-8-6-5-7-9-19)10-11-22(21)34-23(17)15-27(3)35(4,32)33/h5-11,13,17-18,23,29H,12,14-16H2,1-4H3,(H,26,30)/t17-,18-,23-/m1/s1. The summed E-state index contributed by atoms with van der Waals surface area (Å²) in [7, 11) is -1.95. The molecular weight excluding hydrogens is 470 g/mol. The number of anilines is 1. The molecule has 0 aromatic heterocycles. The molecule has 0 unspecified atom stereocenters. The molecule has 35 heavy (non-hydrogen) atoms. The second-order valence-electron chi connectivity index (χ2n) is 9.09. The molecule has 2 N–H and O–H groups in total. The van der Waals surface area contributed by atoms with Crippen LogP contribution in [0.25, 0.3) is 0 Å². The lowest BCUT2D eigenvalue weighted by molar-refractivity contribution is -0.115. The van der Waals surface area contributed by atoms with Gasteiger partial charge in [-0.25, -0.2) is 12.7 Å². The predicted octanol–water partition coefficient (Wildman–Crippen LogP) is 1.98. The summed E-state index contributed by atoms with van der Waals surface area (Å²) < 4.78 is 31.4. The first-order valence-corrected chi connectivity index (χ1v) is 13.3. The van der Waals surface area contributed by atoms with Crippen molar-refractivity contribution in [1.29, 1.82) is 0 Å². The Bertz CT molecular complexity index is 1160. The number of carbonyl (C=O) groups excluding carboxylic acids is 2. The van der Waals surface area contributed by atoms with E-state index in [1.54, 1.807) is 30.0 Å². The zero-order valence-electron chi connectivity index (χ0n) is 20.5. The third kappa shape index (κ3) is 6.81. The summed E-state index contributed by atoms with van der Waals surface area (Å²) in [6.07, 6.45) is 0.782. The van der Waals surface area contributed by atoms with Crippen molar-refractivity contribution < 1.29 is 27.9 Å². The number of amides is 2. The zero-order chi connectivity index (χ0) is 25.8. The summed E-state index contributed by atoms with van der Waals surface area (Å²) in [5.41, 5.74) is 1.55. The van der Waals surface area contributed by atoms with Crippen LogP contribution in [-0.2, 0) is 21.2 Å². The van der Waals surface area contributed by atoms with E-state index in [1.165, 1.54) is 11.4 Å². The van der Waals surface area contributed by atoms with E-state index in [1.807, 2.05) is 37.3 Å². The van der Waals surface area contributed by atoms with E-state index in [9.17, 15) is 23.1 Å². The highest BCUT2D eigenvalue weighted by molar-refractivity contribution is 7.88. The minimum atomic E-state index is -3.43. The average molecular weight is 504 g/mol. The van der Waals surface area contributed by atoms with Crippen LogP contribution < -0.4 is 10.1 Å². The van der Waals surface area contributed by atoms with Crippen molar-refractivity contribution in [3.63, 3.8) is 0 Å². The fourth-order valence-electron chi connectivity index (χ4n) is 3.89. The van der Waals surface area contributed by atoms with Crippen LogP contribution >= 0.6 is 0 Å². The van der Waals surface area contributed by atoms with Gasteiger partial charge in [-0.1, -0.05) is 37.3 Å². The molecule has 0 saturated heterocycles. The molecule has 0 radical (unpaired) electrons. The maximum absolute atomic E-state index is 13.5. The van der Waals surface area contributed by atoms with Crippen LogP contribution in [0.3, 0.4) is 0 Å². The number of hydrogen-bond donors (Lipinski definition) is 2. The van der Waals surface area contributed by atoms with Crippen molar-refractivity contribution in [3.05, 3.63) is 59.7 Å². The Kier molecular flexibility index (Phi) is 8.52. The third-order valence-electron chi connectivity index (χ3n) is 6.16. The number of ether oxygens (including phenoxy) is 1. The van der Waals surface area contributed by atoms with E-state index >= 15 is 0 Å². The molecule has 3 atom stereocenters. The number of nitrogens with one attached hydrogen (secondary N) is 1. The number of aliphatic hydroxyl groups is 1. The minimum absolute atomic E-state index is 0.102. The van der Waals surface area contributed by atoms with Crippen molar-refractivity contribution in [2.45, 2.75) is 32.4 Å². The first-order chi connectivity index (χ1) is 16.5. The molecule has 190 valence electrons. The summed E-state index contributed by atoms with van der Waals surface area (Å²) in [5.74, 6) is -0.472. The van der Waals surface area contributed by atoms with Gasteiger partial charge < -0.3 is 20.1 Å². The molecule has 3 rings (SSSR count). The largest absolute Gasteiger partial charge is 0.488 e. The second-order valence-corrected chi connectivity index (χ2v) is 11.2. The van der Waals surface area contributed by atoms with Gasteiger partial charge in [0.1, 0.15) is 11.9 Å². The lowest BCUT2D eigenvalue weighted by atomic mass is 9.99. The van der Waals surface area contributed by atoms with Crippen molar-refractivity contribution in [2.24, 2.45) is 5.92 Å². The van der Waals surface area contributed by atoms with Crippen LogP contribution in [-0.4, -0.2) is 79.7 Å². The lowest BCUT2D eigenvalue weighted by Crippen LogP contribution is -2.50. The number of benzene rings is 2. The summed E-state index contributed by atoms with van der Waals surface area (Å²) in [6.45, 7) is 3.78. The Balaban J connectivity index is 1.91. The van der Waals surface area contributed by atoms with Gasteiger partial charge in [-0.15, -0.1) is 0 Å². The molecule has 0 fully saturated rings. The SMILES string of the molecule is C[C@@H]1CN([C@H](C)CO)C(=O)c2cc(NC(=O)Cc3ccccc3)ccc2O[C@@H]1CN(C)S(C)(=O)=O. The molecule has 1 heterocycles. The first-order valence-electron chi connectivity index (χ1n) is 11.5. The quantitative estimate of drug-likeness (QED) is 0.569. The Morgan fingerprint density at radius 2 is 1.94 bits per heavy atom. The maximum Gasteiger partial charge on any atom is 0.258 e. The van der Waals surface area contributed by atoms with Crippen molar-refractivity contribution in [1.82, 2.24) is 9.21 Å². The van der Waals surface area contributed by atoms with E-state index in [0.717, 1.165) is 11.8 Å². The highest BCUT2D eigenvalue weighted by Crippen LogP contribution is 2.31. The Labute approximate surface area is 206 Å². The van der Waals surface area contributed by atoms with Gasteiger partial charge in [0.25, 0.3) is 5.91 Å². The molecule has 10 heteroatoms. The normalized spacial score (nSPS) is 19.4. The Hall–Kier alpha value is -2.95. The smallest absolute Gasteiger partial charge is 0.258 e. The Morgan fingerprint density at radius 3 is 2.57 bits per heavy atom. The van der Waals surface area contributed by atoms with E-state index < -0.39 is 22.2 Å². The molecule has 0 spiro atoms. The summed E-state index contributed by atoms with van der Waals surface area (Å²) in [5, 5.41) is 12.6. The maximum atomic E-state index is 13.5. The van der Waals surface area contributed by atoms with E-state index in [-0.39, 0.29) is 49.4 Å². The van der Waals surface area contributed by atoms with Crippen LogP contribution in [0.1, 0.15) is 29.8 Å². The number of carbonyl (C=O) groups is 2. The monoisotopic (exact) mass is 503 g/mol. The molecule has 0 aliphatic carbocycles. The number of aliphatic hydroxyl groups excluding tert-OH is 1.